The molecule has 6 heteroatoms. The summed E-state index contributed by atoms with van der Waals surface area (Å²) in [6.45, 7) is 0.835. The van der Waals surface area contributed by atoms with Crippen molar-refractivity contribution in [3.8, 4) is 17.8 Å². The standard InChI is InChI=1S/C15H12BrN5/c16-12-5-10(8-19-11-2-3-11)1-4-14(12)21-9-20-13(6-17)15(21)7-18/h1,4-5,9,11,19H,2-3,8H2. The van der Waals surface area contributed by atoms with Gasteiger partial charge in [0.05, 0.1) is 5.69 Å². The average Bonchev–Trinajstić information content (AvgIpc) is 3.23. The fraction of sp³-hybridized carbons (Fsp3) is 0.267. The third-order valence-electron chi connectivity index (χ3n) is 3.42. The number of rotatable bonds is 4. The second kappa shape index (κ2) is 5.69. The third kappa shape index (κ3) is 2.82. The van der Waals surface area contributed by atoms with Gasteiger partial charge in [-0.1, -0.05) is 6.07 Å². The molecular weight excluding hydrogens is 330 g/mol. The Hall–Kier alpha value is -2.15. The summed E-state index contributed by atoms with van der Waals surface area (Å²) in [4.78, 5) is 3.96. The van der Waals surface area contributed by atoms with Gasteiger partial charge in [0.1, 0.15) is 18.5 Å². The Labute approximate surface area is 131 Å². The molecular formula is C15H12BrN5. The Bertz CT molecular complexity index is 761. The summed E-state index contributed by atoms with van der Waals surface area (Å²) in [6.07, 6.45) is 4.02. The van der Waals surface area contributed by atoms with Gasteiger partial charge in [-0.05, 0) is 46.5 Å². The first-order valence-electron chi connectivity index (χ1n) is 6.62. The van der Waals surface area contributed by atoms with E-state index in [-0.39, 0.29) is 11.4 Å². The van der Waals surface area contributed by atoms with Gasteiger partial charge in [0, 0.05) is 17.1 Å². The second-order valence-electron chi connectivity index (χ2n) is 4.98. The quantitative estimate of drug-likeness (QED) is 0.927. The summed E-state index contributed by atoms with van der Waals surface area (Å²) in [5, 5.41) is 21.6. The minimum Gasteiger partial charge on any atom is -0.310 e. The number of benzene rings is 1. The largest absolute Gasteiger partial charge is 0.310 e. The molecule has 104 valence electrons. The third-order valence-corrected chi connectivity index (χ3v) is 4.06. The van der Waals surface area contributed by atoms with Crippen LogP contribution in [0.4, 0.5) is 0 Å². The molecule has 1 saturated carbocycles. The summed E-state index contributed by atoms with van der Waals surface area (Å²) in [6, 6.07) is 10.6. The fourth-order valence-electron chi connectivity index (χ4n) is 2.13. The summed E-state index contributed by atoms with van der Waals surface area (Å²) in [5.41, 5.74) is 2.37. The lowest BCUT2D eigenvalue weighted by atomic mass is 10.2. The molecule has 1 heterocycles. The predicted molar refractivity (Wildman–Crippen MR) is 80.6 cm³/mol. The maximum Gasteiger partial charge on any atom is 0.177 e. The minimum atomic E-state index is 0.142. The Morgan fingerprint density at radius 1 is 1.33 bits per heavy atom. The monoisotopic (exact) mass is 341 g/mol. The van der Waals surface area contributed by atoms with Crippen LogP contribution in [0.25, 0.3) is 5.69 Å². The van der Waals surface area contributed by atoms with E-state index in [0.29, 0.717) is 6.04 Å². The topological polar surface area (TPSA) is 77.4 Å². The average molecular weight is 342 g/mol. The fourth-order valence-corrected chi connectivity index (χ4v) is 2.74. The van der Waals surface area contributed by atoms with Crippen molar-refractivity contribution in [2.45, 2.75) is 25.4 Å². The van der Waals surface area contributed by atoms with Crippen LogP contribution in [0.15, 0.2) is 29.0 Å². The highest BCUT2D eigenvalue weighted by Crippen LogP contribution is 2.25. The first-order chi connectivity index (χ1) is 10.2. The van der Waals surface area contributed by atoms with Crippen LogP contribution < -0.4 is 5.32 Å². The predicted octanol–water partition coefficient (Wildman–Crippen LogP) is 2.63. The van der Waals surface area contributed by atoms with Gasteiger partial charge in [0.15, 0.2) is 11.4 Å². The summed E-state index contributed by atoms with van der Waals surface area (Å²) >= 11 is 3.53. The highest BCUT2D eigenvalue weighted by molar-refractivity contribution is 9.10. The van der Waals surface area contributed by atoms with E-state index in [0.717, 1.165) is 16.7 Å². The van der Waals surface area contributed by atoms with E-state index in [1.807, 2.05) is 30.3 Å². The number of aromatic nitrogens is 2. The molecule has 0 aliphatic heterocycles. The normalized spacial score (nSPS) is 13.7. The van der Waals surface area contributed by atoms with Crippen molar-refractivity contribution < 1.29 is 0 Å². The maximum atomic E-state index is 9.19. The van der Waals surface area contributed by atoms with Crippen molar-refractivity contribution in [2.24, 2.45) is 0 Å². The van der Waals surface area contributed by atoms with Crippen LogP contribution in [-0.4, -0.2) is 15.6 Å². The van der Waals surface area contributed by atoms with Crippen molar-refractivity contribution in [1.29, 1.82) is 10.5 Å². The molecule has 2 aromatic rings. The number of nitriles is 2. The number of nitrogens with zero attached hydrogens (tertiary/aromatic N) is 4. The van der Waals surface area contributed by atoms with Gasteiger partial charge in [-0.2, -0.15) is 10.5 Å². The molecule has 0 unspecified atom stereocenters. The molecule has 1 aliphatic rings. The zero-order valence-corrected chi connectivity index (χ0v) is 12.8. The SMILES string of the molecule is N#Cc1ncn(-c2ccc(CNC3CC3)cc2Br)c1C#N. The Morgan fingerprint density at radius 2 is 2.14 bits per heavy atom. The molecule has 1 aromatic heterocycles. The van der Waals surface area contributed by atoms with E-state index in [1.54, 1.807) is 4.57 Å². The zero-order valence-electron chi connectivity index (χ0n) is 11.2. The molecule has 0 saturated heterocycles. The number of hydrogen-bond acceptors (Lipinski definition) is 4. The highest BCUT2D eigenvalue weighted by atomic mass is 79.9. The number of nitrogens with one attached hydrogen (secondary N) is 1. The van der Waals surface area contributed by atoms with E-state index in [4.69, 9.17) is 5.26 Å². The van der Waals surface area contributed by atoms with Crippen molar-refractivity contribution in [2.75, 3.05) is 0 Å². The molecule has 0 bridgehead atoms. The van der Waals surface area contributed by atoms with Crippen LogP contribution in [0.1, 0.15) is 29.8 Å². The molecule has 1 N–H and O–H groups in total. The van der Waals surface area contributed by atoms with Crippen LogP contribution in [0.5, 0.6) is 0 Å². The van der Waals surface area contributed by atoms with Crippen LogP contribution in [0.2, 0.25) is 0 Å². The highest BCUT2D eigenvalue weighted by Gasteiger charge is 2.20. The number of hydrogen-bond donors (Lipinski definition) is 1. The summed E-state index contributed by atoms with van der Waals surface area (Å²) < 4.78 is 2.50. The van der Waals surface area contributed by atoms with Gasteiger partial charge >= 0.3 is 0 Å². The Balaban J connectivity index is 1.90. The van der Waals surface area contributed by atoms with Crippen LogP contribution in [-0.2, 0) is 6.54 Å². The lowest BCUT2D eigenvalue weighted by Gasteiger charge is -2.09. The van der Waals surface area contributed by atoms with Gasteiger partial charge in [0.2, 0.25) is 0 Å². The van der Waals surface area contributed by atoms with E-state index in [9.17, 15) is 5.26 Å². The van der Waals surface area contributed by atoms with Crippen LogP contribution in [0.3, 0.4) is 0 Å². The Kier molecular flexibility index (Phi) is 3.74. The van der Waals surface area contributed by atoms with Gasteiger partial charge in [-0.3, -0.25) is 4.57 Å². The molecule has 0 atom stereocenters. The van der Waals surface area contributed by atoms with Crippen LogP contribution >= 0.6 is 15.9 Å². The van der Waals surface area contributed by atoms with E-state index < -0.39 is 0 Å². The zero-order chi connectivity index (χ0) is 14.8. The molecule has 5 nitrogen and oxygen atoms in total. The van der Waals surface area contributed by atoms with E-state index in [2.05, 4.69) is 26.2 Å². The molecule has 1 aromatic carbocycles. The van der Waals surface area contributed by atoms with Crippen molar-refractivity contribution in [1.82, 2.24) is 14.9 Å². The molecule has 0 radical (unpaired) electrons. The van der Waals surface area contributed by atoms with Crippen molar-refractivity contribution in [3.05, 3.63) is 46.0 Å². The van der Waals surface area contributed by atoms with Gasteiger partial charge in [-0.15, -0.1) is 0 Å². The number of halogens is 1. The molecule has 21 heavy (non-hydrogen) atoms. The first-order valence-corrected chi connectivity index (χ1v) is 7.42. The van der Waals surface area contributed by atoms with Gasteiger partial charge in [-0.25, -0.2) is 4.98 Å². The Morgan fingerprint density at radius 3 is 2.76 bits per heavy atom. The lowest BCUT2D eigenvalue weighted by Crippen LogP contribution is -2.15. The summed E-state index contributed by atoms with van der Waals surface area (Å²) in [7, 11) is 0. The maximum absolute atomic E-state index is 9.19. The smallest absolute Gasteiger partial charge is 0.177 e. The molecule has 0 spiro atoms. The van der Waals surface area contributed by atoms with E-state index >= 15 is 0 Å². The first kappa shape index (κ1) is 13.8. The van der Waals surface area contributed by atoms with Crippen molar-refractivity contribution in [3.63, 3.8) is 0 Å². The summed E-state index contributed by atoms with van der Waals surface area (Å²) in [5.74, 6) is 0. The van der Waals surface area contributed by atoms with E-state index in [1.165, 1.54) is 24.7 Å². The molecule has 3 rings (SSSR count). The second-order valence-corrected chi connectivity index (χ2v) is 5.83. The van der Waals surface area contributed by atoms with Gasteiger partial charge < -0.3 is 5.32 Å². The van der Waals surface area contributed by atoms with Crippen molar-refractivity contribution >= 4 is 15.9 Å². The minimum absolute atomic E-state index is 0.142. The molecule has 1 fully saturated rings. The molecule has 0 amide bonds. The molecule has 1 aliphatic carbocycles. The van der Waals surface area contributed by atoms with Gasteiger partial charge in [0.25, 0.3) is 0 Å². The number of imidazole rings is 1. The lowest BCUT2D eigenvalue weighted by molar-refractivity contribution is 0.687. The van der Waals surface area contributed by atoms with Crippen LogP contribution in [0, 0.1) is 22.7 Å².